The highest BCUT2D eigenvalue weighted by molar-refractivity contribution is 4.68. The molecule has 0 radical (unpaired) electrons. The maximum atomic E-state index is 11.8. The lowest BCUT2D eigenvalue weighted by molar-refractivity contribution is 0.0361. The Kier molecular flexibility index (Phi) is 8.93. The molecule has 0 aliphatic heterocycles. The van der Waals surface area contributed by atoms with Gasteiger partial charge in [0.1, 0.15) is 0 Å². The standard InChI is InChI=1S/C7H14F2O.C2H6/c1-7(2,5-10-3)4-6(8)9;1-2/h6H,4-5H2,1-3H3;1-2H3. The van der Waals surface area contributed by atoms with Crippen molar-refractivity contribution in [3.8, 4) is 0 Å². The molecule has 0 atom stereocenters. The van der Waals surface area contributed by atoms with Gasteiger partial charge in [0.25, 0.3) is 0 Å². The minimum absolute atomic E-state index is 0.0964. The molecule has 0 fully saturated rings. The van der Waals surface area contributed by atoms with E-state index < -0.39 is 11.8 Å². The zero-order chi connectivity index (χ0) is 10.2. The van der Waals surface area contributed by atoms with Gasteiger partial charge < -0.3 is 4.74 Å². The molecule has 0 heterocycles. The lowest BCUT2D eigenvalue weighted by Crippen LogP contribution is -2.21. The molecule has 0 N–H and O–H groups in total. The average molecular weight is 182 g/mol. The minimum atomic E-state index is -2.23. The van der Waals surface area contributed by atoms with Gasteiger partial charge in [0, 0.05) is 13.5 Å². The predicted octanol–water partition coefficient (Wildman–Crippen LogP) is 3.34. The van der Waals surface area contributed by atoms with Crippen LogP contribution in [-0.2, 0) is 4.74 Å². The van der Waals surface area contributed by atoms with Crippen molar-refractivity contribution < 1.29 is 13.5 Å². The van der Waals surface area contributed by atoms with Crippen molar-refractivity contribution >= 4 is 0 Å². The van der Waals surface area contributed by atoms with Crippen molar-refractivity contribution in [3.63, 3.8) is 0 Å². The summed E-state index contributed by atoms with van der Waals surface area (Å²) < 4.78 is 28.4. The SMILES string of the molecule is CC.COCC(C)(C)CC(F)F. The molecular formula is C9H20F2O. The molecule has 0 saturated heterocycles. The van der Waals surface area contributed by atoms with Gasteiger partial charge in [-0.25, -0.2) is 8.78 Å². The van der Waals surface area contributed by atoms with Crippen LogP contribution in [0.3, 0.4) is 0 Å². The highest BCUT2D eigenvalue weighted by atomic mass is 19.3. The van der Waals surface area contributed by atoms with Crippen LogP contribution in [0.25, 0.3) is 0 Å². The van der Waals surface area contributed by atoms with E-state index in [-0.39, 0.29) is 6.42 Å². The summed E-state index contributed by atoms with van der Waals surface area (Å²) in [4.78, 5) is 0. The van der Waals surface area contributed by atoms with Crippen molar-refractivity contribution in [3.05, 3.63) is 0 Å². The van der Waals surface area contributed by atoms with Gasteiger partial charge >= 0.3 is 0 Å². The molecule has 0 amide bonds. The third kappa shape index (κ3) is 9.82. The van der Waals surface area contributed by atoms with Gasteiger partial charge in [-0.15, -0.1) is 0 Å². The van der Waals surface area contributed by atoms with E-state index in [1.165, 1.54) is 7.11 Å². The zero-order valence-electron chi connectivity index (χ0n) is 8.66. The van der Waals surface area contributed by atoms with Crippen LogP contribution in [0, 0.1) is 5.41 Å². The van der Waals surface area contributed by atoms with Gasteiger partial charge in [-0.05, 0) is 5.41 Å². The highest BCUT2D eigenvalue weighted by Gasteiger charge is 2.22. The molecule has 0 spiro atoms. The molecule has 0 aromatic heterocycles. The van der Waals surface area contributed by atoms with Gasteiger partial charge in [-0.2, -0.15) is 0 Å². The van der Waals surface area contributed by atoms with E-state index in [4.69, 9.17) is 4.74 Å². The van der Waals surface area contributed by atoms with E-state index >= 15 is 0 Å². The average Bonchev–Trinajstić information content (AvgIpc) is 1.88. The fraction of sp³-hybridized carbons (Fsp3) is 1.00. The van der Waals surface area contributed by atoms with E-state index in [1.807, 2.05) is 13.8 Å². The Bertz CT molecular complexity index is 92.5. The summed E-state index contributed by atoms with van der Waals surface area (Å²) in [7, 11) is 1.52. The van der Waals surface area contributed by atoms with Crippen molar-refractivity contribution in [2.75, 3.05) is 13.7 Å². The fourth-order valence-electron chi connectivity index (χ4n) is 0.867. The van der Waals surface area contributed by atoms with E-state index in [0.29, 0.717) is 6.61 Å². The number of hydrogen-bond donors (Lipinski definition) is 0. The summed E-state index contributed by atoms with van der Waals surface area (Å²) in [6, 6.07) is 0. The normalized spacial score (nSPS) is 11.0. The monoisotopic (exact) mass is 182 g/mol. The summed E-state index contributed by atoms with van der Waals surface area (Å²) in [5.74, 6) is 0. The second-order valence-corrected chi connectivity index (χ2v) is 3.19. The summed E-state index contributed by atoms with van der Waals surface area (Å²) in [5.41, 5.74) is -0.400. The quantitative estimate of drug-likeness (QED) is 0.648. The molecule has 3 heteroatoms. The first-order valence-electron chi connectivity index (χ1n) is 4.25. The molecule has 76 valence electrons. The lowest BCUT2D eigenvalue weighted by Gasteiger charge is -2.22. The summed E-state index contributed by atoms with van der Waals surface area (Å²) >= 11 is 0. The molecule has 0 bridgehead atoms. The Morgan fingerprint density at radius 1 is 1.25 bits per heavy atom. The Hall–Kier alpha value is -0.180. The first-order valence-corrected chi connectivity index (χ1v) is 4.25. The molecule has 0 unspecified atom stereocenters. The molecule has 0 aromatic rings. The van der Waals surface area contributed by atoms with E-state index in [1.54, 1.807) is 13.8 Å². The summed E-state index contributed by atoms with van der Waals surface area (Å²) in [6.07, 6.45) is -2.33. The third-order valence-electron chi connectivity index (χ3n) is 1.24. The first kappa shape index (κ1) is 14.3. The van der Waals surface area contributed by atoms with Gasteiger partial charge in [-0.1, -0.05) is 27.7 Å². The predicted molar refractivity (Wildman–Crippen MR) is 47.6 cm³/mol. The Morgan fingerprint density at radius 3 is 1.92 bits per heavy atom. The topological polar surface area (TPSA) is 9.23 Å². The second kappa shape index (κ2) is 7.47. The van der Waals surface area contributed by atoms with Crippen LogP contribution in [0.4, 0.5) is 8.78 Å². The van der Waals surface area contributed by atoms with Gasteiger partial charge in [0.15, 0.2) is 0 Å². The van der Waals surface area contributed by atoms with E-state index in [9.17, 15) is 8.78 Å². The Labute approximate surface area is 74.1 Å². The number of halogens is 2. The summed E-state index contributed by atoms with van der Waals surface area (Å²) in [6.45, 7) is 7.92. The van der Waals surface area contributed by atoms with E-state index in [0.717, 1.165) is 0 Å². The largest absolute Gasteiger partial charge is 0.384 e. The fourth-order valence-corrected chi connectivity index (χ4v) is 0.867. The summed E-state index contributed by atoms with van der Waals surface area (Å²) in [5, 5.41) is 0. The molecule has 0 aromatic carbocycles. The maximum absolute atomic E-state index is 11.8. The molecule has 0 rings (SSSR count). The van der Waals surface area contributed by atoms with Crippen LogP contribution < -0.4 is 0 Å². The molecule has 0 aliphatic carbocycles. The van der Waals surface area contributed by atoms with Crippen molar-refractivity contribution in [1.29, 1.82) is 0 Å². The van der Waals surface area contributed by atoms with Crippen molar-refractivity contribution in [2.45, 2.75) is 40.5 Å². The lowest BCUT2D eigenvalue weighted by atomic mass is 9.91. The van der Waals surface area contributed by atoms with Crippen LogP contribution in [0.2, 0.25) is 0 Å². The maximum Gasteiger partial charge on any atom is 0.239 e. The van der Waals surface area contributed by atoms with Crippen LogP contribution in [0.5, 0.6) is 0 Å². The Balaban J connectivity index is 0. The van der Waals surface area contributed by atoms with Crippen LogP contribution in [0.15, 0.2) is 0 Å². The molecule has 1 nitrogen and oxygen atoms in total. The van der Waals surface area contributed by atoms with Gasteiger partial charge in [0.05, 0.1) is 6.61 Å². The molecule has 0 saturated carbocycles. The number of methoxy groups -OCH3 is 1. The number of ether oxygens (including phenoxy) is 1. The van der Waals surface area contributed by atoms with Crippen LogP contribution in [0.1, 0.15) is 34.1 Å². The van der Waals surface area contributed by atoms with E-state index in [2.05, 4.69) is 0 Å². The number of rotatable bonds is 4. The molecule has 12 heavy (non-hydrogen) atoms. The number of hydrogen-bond acceptors (Lipinski definition) is 1. The molecule has 0 aliphatic rings. The van der Waals surface area contributed by atoms with Crippen LogP contribution in [-0.4, -0.2) is 20.1 Å². The highest BCUT2D eigenvalue weighted by Crippen LogP contribution is 2.24. The molecular weight excluding hydrogens is 162 g/mol. The first-order chi connectivity index (χ1) is 5.48. The van der Waals surface area contributed by atoms with Gasteiger partial charge in [0.2, 0.25) is 6.43 Å². The van der Waals surface area contributed by atoms with Crippen molar-refractivity contribution in [2.24, 2.45) is 5.41 Å². The second-order valence-electron chi connectivity index (χ2n) is 3.19. The zero-order valence-corrected chi connectivity index (χ0v) is 8.66. The third-order valence-corrected chi connectivity index (χ3v) is 1.24. The smallest absolute Gasteiger partial charge is 0.239 e. The Morgan fingerprint density at radius 2 is 1.67 bits per heavy atom. The van der Waals surface area contributed by atoms with Crippen LogP contribution >= 0.6 is 0 Å². The number of alkyl halides is 2. The minimum Gasteiger partial charge on any atom is -0.384 e. The van der Waals surface area contributed by atoms with Crippen molar-refractivity contribution in [1.82, 2.24) is 0 Å². The van der Waals surface area contributed by atoms with Gasteiger partial charge in [-0.3, -0.25) is 0 Å².